The van der Waals surface area contributed by atoms with E-state index in [1.165, 1.54) is 32.1 Å². The van der Waals surface area contributed by atoms with Crippen LogP contribution in [0.4, 0.5) is 0 Å². The lowest BCUT2D eigenvalue weighted by molar-refractivity contribution is 0.271. The Balaban J connectivity index is 2.23. The first-order valence-electron chi connectivity index (χ1n) is 4.93. The highest BCUT2D eigenvalue weighted by molar-refractivity contribution is 5.18. The minimum absolute atomic E-state index is 0.975. The van der Waals surface area contributed by atoms with Crippen LogP contribution in [0, 0.1) is 11.8 Å². The molecule has 1 fully saturated rings. The molecule has 0 radical (unpaired) electrons. The van der Waals surface area contributed by atoms with E-state index in [1.54, 1.807) is 11.1 Å². The van der Waals surface area contributed by atoms with Crippen molar-refractivity contribution in [1.29, 1.82) is 0 Å². The molecule has 1 saturated carbocycles. The Labute approximate surface area is 69.7 Å². The second kappa shape index (κ2) is 2.66. The van der Waals surface area contributed by atoms with Crippen LogP contribution in [0.2, 0.25) is 0 Å². The summed E-state index contributed by atoms with van der Waals surface area (Å²) >= 11 is 0. The predicted molar refractivity (Wildman–Crippen MR) is 48.4 cm³/mol. The van der Waals surface area contributed by atoms with Crippen molar-refractivity contribution >= 4 is 0 Å². The Morgan fingerprint density at radius 3 is 2.82 bits per heavy atom. The molecule has 0 saturated heterocycles. The molecule has 2 aliphatic rings. The van der Waals surface area contributed by atoms with Gasteiger partial charge in [-0.3, -0.25) is 0 Å². The van der Waals surface area contributed by atoms with Crippen LogP contribution in [0.25, 0.3) is 0 Å². The lowest BCUT2D eigenvalue weighted by Crippen LogP contribution is -2.22. The quantitative estimate of drug-likeness (QED) is 0.463. The van der Waals surface area contributed by atoms with Crippen LogP contribution in [0.1, 0.15) is 46.0 Å². The van der Waals surface area contributed by atoms with Crippen LogP contribution >= 0.6 is 0 Å². The van der Waals surface area contributed by atoms with Crippen molar-refractivity contribution in [2.24, 2.45) is 11.8 Å². The van der Waals surface area contributed by atoms with Crippen molar-refractivity contribution in [1.82, 2.24) is 0 Å². The molecule has 0 spiro atoms. The molecule has 0 amide bonds. The Kier molecular flexibility index (Phi) is 1.78. The normalized spacial score (nSPS) is 37.6. The Bertz CT molecular complexity index is 188. The van der Waals surface area contributed by atoms with E-state index >= 15 is 0 Å². The number of fused-ring (bicyclic) bond motifs is 2. The average molecular weight is 150 g/mol. The molecule has 2 unspecified atom stereocenters. The van der Waals surface area contributed by atoms with Crippen LogP contribution in [0.5, 0.6) is 0 Å². The maximum Gasteiger partial charge on any atom is -0.0201 e. The monoisotopic (exact) mass is 150 g/mol. The summed E-state index contributed by atoms with van der Waals surface area (Å²) < 4.78 is 0. The molecule has 0 aromatic rings. The molecule has 0 aromatic carbocycles. The highest BCUT2D eigenvalue weighted by Gasteiger charge is 2.28. The number of hydrogen-bond donors (Lipinski definition) is 0. The second-order valence-corrected chi connectivity index (χ2v) is 4.40. The van der Waals surface area contributed by atoms with Gasteiger partial charge in [-0.15, -0.1) is 0 Å². The molecule has 2 bridgehead atoms. The van der Waals surface area contributed by atoms with E-state index in [0.29, 0.717) is 0 Å². The zero-order valence-electron chi connectivity index (χ0n) is 7.69. The highest BCUT2D eigenvalue weighted by Crippen LogP contribution is 2.42. The van der Waals surface area contributed by atoms with Gasteiger partial charge in [0, 0.05) is 0 Å². The molecule has 11 heavy (non-hydrogen) atoms. The average Bonchev–Trinajstić information content (AvgIpc) is 2.01. The molecule has 0 nitrogen and oxygen atoms in total. The van der Waals surface area contributed by atoms with Crippen LogP contribution < -0.4 is 0 Å². The first-order valence-corrected chi connectivity index (χ1v) is 4.93. The van der Waals surface area contributed by atoms with Crippen molar-refractivity contribution < 1.29 is 0 Å². The van der Waals surface area contributed by atoms with E-state index in [-0.39, 0.29) is 0 Å². The zero-order valence-corrected chi connectivity index (χ0v) is 7.69. The summed E-state index contributed by atoms with van der Waals surface area (Å²) in [5.74, 6) is 2.03. The number of rotatable bonds is 0. The zero-order chi connectivity index (χ0) is 7.84. The third-order valence-corrected chi connectivity index (χ3v) is 3.66. The van der Waals surface area contributed by atoms with Gasteiger partial charge in [0.15, 0.2) is 0 Å². The van der Waals surface area contributed by atoms with Gasteiger partial charge in [0.05, 0.1) is 0 Å². The van der Waals surface area contributed by atoms with E-state index in [2.05, 4.69) is 13.8 Å². The van der Waals surface area contributed by atoms with Gasteiger partial charge >= 0.3 is 0 Å². The summed E-state index contributed by atoms with van der Waals surface area (Å²) in [6, 6.07) is 0. The maximum atomic E-state index is 2.35. The van der Waals surface area contributed by atoms with Gasteiger partial charge in [-0.05, 0) is 44.9 Å². The summed E-state index contributed by atoms with van der Waals surface area (Å²) in [6.45, 7) is 4.68. The topological polar surface area (TPSA) is 0 Å². The third-order valence-electron chi connectivity index (χ3n) is 3.66. The summed E-state index contributed by atoms with van der Waals surface area (Å²) in [5.41, 5.74) is 3.42. The molecular weight excluding hydrogens is 132 g/mol. The standard InChI is InChI=1S/C11H18/c1-8-6-10-4-3-5-11(7-10)9(8)2/h10-11H,3-7H2,1-2H3. The molecule has 0 heteroatoms. The molecule has 62 valence electrons. The second-order valence-electron chi connectivity index (χ2n) is 4.40. The van der Waals surface area contributed by atoms with Gasteiger partial charge in [-0.25, -0.2) is 0 Å². The smallest absolute Gasteiger partial charge is 0.0201 e. The molecule has 0 N–H and O–H groups in total. The SMILES string of the molecule is CC1=C(C)C2CCCC(C1)C2. The molecule has 0 aliphatic heterocycles. The van der Waals surface area contributed by atoms with E-state index in [4.69, 9.17) is 0 Å². The summed E-state index contributed by atoms with van der Waals surface area (Å²) in [6.07, 6.45) is 7.37. The minimum atomic E-state index is 0.975. The Morgan fingerprint density at radius 1 is 1.18 bits per heavy atom. The number of allylic oxidation sites excluding steroid dienone is 2. The fraction of sp³-hybridized carbons (Fsp3) is 0.818. The van der Waals surface area contributed by atoms with E-state index in [0.717, 1.165) is 11.8 Å². The largest absolute Gasteiger partial charge is 0.0738 e. The van der Waals surface area contributed by atoms with Crippen LogP contribution in [0.3, 0.4) is 0 Å². The van der Waals surface area contributed by atoms with Gasteiger partial charge in [0.2, 0.25) is 0 Å². The van der Waals surface area contributed by atoms with E-state index in [1.807, 2.05) is 0 Å². The van der Waals surface area contributed by atoms with Crippen LogP contribution in [-0.2, 0) is 0 Å². The van der Waals surface area contributed by atoms with Crippen LogP contribution in [-0.4, -0.2) is 0 Å². The van der Waals surface area contributed by atoms with Gasteiger partial charge in [0.1, 0.15) is 0 Å². The molecule has 2 rings (SSSR count). The lowest BCUT2D eigenvalue weighted by atomic mass is 9.70. The van der Waals surface area contributed by atoms with Crippen molar-refractivity contribution in [3.05, 3.63) is 11.1 Å². The summed E-state index contributed by atoms with van der Waals surface area (Å²) in [7, 11) is 0. The van der Waals surface area contributed by atoms with E-state index in [9.17, 15) is 0 Å². The summed E-state index contributed by atoms with van der Waals surface area (Å²) in [4.78, 5) is 0. The van der Waals surface area contributed by atoms with Gasteiger partial charge < -0.3 is 0 Å². The minimum Gasteiger partial charge on any atom is -0.0738 e. The van der Waals surface area contributed by atoms with Crippen molar-refractivity contribution in [2.45, 2.75) is 46.0 Å². The fourth-order valence-electron chi connectivity index (χ4n) is 2.81. The Hall–Kier alpha value is -0.260. The summed E-state index contributed by atoms with van der Waals surface area (Å²) in [5, 5.41) is 0. The van der Waals surface area contributed by atoms with Gasteiger partial charge in [-0.2, -0.15) is 0 Å². The molecule has 2 atom stereocenters. The van der Waals surface area contributed by atoms with Crippen LogP contribution in [0.15, 0.2) is 11.1 Å². The number of hydrogen-bond acceptors (Lipinski definition) is 0. The lowest BCUT2D eigenvalue weighted by Gasteiger charge is -2.36. The predicted octanol–water partition coefficient (Wildman–Crippen LogP) is 3.53. The molecule has 2 aliphatic carbocycles. The van der Waals surface area contributed by atoms with Gasteiger partial charge in [0.25, 0.3) is 0 Å². The molecular formula is C11H18. The van der Waals surface area contributed by atoms with Crippen molar-refractivity contribution in [3.63, 3.8) is 0 Å². The Morgan fingerprint density at radius 2 is 2.00 bits per heavy atom. The van der Waals surface area contributed by atoms with E-state index < -0.39 is 0 Å². The van der Waals surface area contributed by atoms with Gasteiger partial charge in [-0.1, -0.05) is 24.0 Å². The fourth-order valence-corrected chi connectivity index (χ4v) is 2.81. The maximum absolute atomic E-state index is 2.35. The van der Waals surface area contributed by atoms with Crippen molar-refractivity contribution in [3.8, 4) is 0 Å². The molecule has 0 aromatic heterocycles. The first kappa shape index (κ1) is 7.39. The van der Waals surface area contributed by atoms with Crippen molar-refractivity contribution in [2.75, 3.05) is 0 Å². The first-order chi connectivity index (χ1) is 5.27. The molecule has 0 heterocycles. The third kappa shape index (κ3) is 1.23. The highest BCUT2D eigenvalue weighted by atomic mass is 14.3.